The Morgan fingerprint density at radius 3 is 2.80 bits per heavy atom. The summed E-state index contributed by atoms with van der Waals surface area (Å²) in [4.78, 5) is 13.7. The monoisotopic (exact) mass is 147 g/mol. The summed E-state index contributed by atoms with van der Waals surface area (Å²) in [5, 5.41) is 11.0. The van der Waals surface area contributed by atoms with E-state index in [1.54, 1.807) is 0 Å². The number of hydrogen-bond acceptors (Lipinski definition) is 5. The van der Waals surface area contributed by atoms with Crippen molar-refractivity contribution in [1.29, 1.82) is 0 Å². The highest BCUT2D eigenvalue weighted by molar-refractivity contribution is 5.31. The van der Waals surface area contributed by atoms with Crippen molar-refractivity contribution in [2.75, 3.05) is 26.4 Å². The Bertz CT molecular complexity index is 110. The van der Waals surface area contributed by atoms with Crippen molar-refractivity contribution in [1.82, 2.24) is 0 Å². The third-order valence-electron chi connectivity index (χ3n) is 0.656. The largest absolute Gasteiger partial charge is 0.394 e. The number of aliphatic hydroxyl groups excluding tert-OH is 1. The minimum atomic E-state index is -0.0169. The lowest BCUT2D eigenvalue weighted by molar-refractivity contribution is 0.0352. The molecule has 1 N–H and O–H groups in total. The molecule has 0 aromatic carbocycles. The molecule has 0 rings (SSSR count). The van der Waals surface area contributed by atoms with Gasteiger partial charge in [-0.05, 0) is 0 Å². The Morgan fingerprint density at radius 2 is 2.20 bits per heavy atom. The molecule has 0 aromatic rings. The van der Waals surface area contributed by atoms with Crippen LogP contribution in [0.15, 0.2) is 5.16 Å². The first-order chi connectivity index (χ1) is 4.91. The average molecular weight is 147 g/mol. The van der Waals surface area contributed by atoms with E-state index in [1.807, 2.05) is 0 Å². The van der Waals surface area contributed by atoms with Crippen LogP contribution in [0.4, 0.5) is 0 Å². The molecule has 0 heterocycles. The summed E-state index contributed by atoms with van der Waals surface area (Å²) < 4.78 is 4.76. The summed E-state index contributed by atoms with van der Waals surface area (Å²) in [5.74, 6) is 0. The Kier molecular flexibility index (Phi) is 7.37. The number of ether oxygens (including phenoxy) is 1. The van der Waals surface area contributed by atoms with E-state index in [1.165, 1.54) is 6.08 Å². The second-order valence-corrected chi connectivity index (χ2v) is 1.35. The molecule has 0 aliphatic carbocycles. The summed E-state index contributed by atoms with van der Waals surface area (Å²) in [6.07, 6.45) is 1.21. The van der Waals surface area contributed by atoms with Gasteiger partial charge < -0.3 is 14.7 Å². The van der Waals surface area contributed by atoms with Crippen LogP contribution in [0, 0.1) is 0 Å². The maximum Gasteiger partial charge on any atom is 0.276 e. The van der Waals surface area contributed by atoms with Gasteiger partial charge in [-0.3, -0.25) is 0 Å². The molecule has 0 bridgehead atoms. The first kappa shape index (κ1) is 9.10. The van der Waals surface area contributed by atoms with E-state index >= 15 is 0 Å². The maximum absolute atomic E-state index is 9.40. The number of aliphatic hydroxyl groups is 1. The van der Waals surface area contributed by atoms with Crippen LogP contribution in [-0.4, -0.2) is 37.6 Å². The van der Waals surface area contributed by atoms with E-state index in [9.17, 15) is 4.79 Å². The third kappa shape index (κ3) is 7.10. The van der Waals surface area contributed by atoms with E-state index in [0.29, 0.717) is 6.61 Å². The Morgan fingerprint density at radius 1 is 1.40 bits per heavy atom. The Balaban J connectivity index is 2.83. The van der Waals surface area contributed by atoms with Crippen molar-refractivity contribution in [3.05, 3.63) is 0 Å². The van der Waals surface area contributed by atoms with E-state index < -0.39 is 0 Å². The molecule has 5 nitrogen and oxygen atoms in total. The number of hydrogen-bond donors (Lipinski definition) is 1. The second kappa shape index (κ2) is 8.10. The zero-order chi connectivity index (χ0) is 7.66. The lowest BCUT2D eigenvalue weighted by Crippen LogP contribution is -2.04. The van der Waals surface area contributed by atoms with Crippen LogP contribution in [0.25, 0.3) is 0 Å². The molecular weight excluding hydrogens is 138 g/mol. The molecule has 0 amide bonds. The van der Waals surface area contributed by atoms with Crippen LogP contribution >= 0.6 is 0 Å². The molecule has 0 spiro atoms. The SMILES string of the molecule is O=C=NOCCOCCO. The predicted molar refractivity (Wildman–Crippen MR) is 32.0 cm³/mol. The van der Waals surface area contributed by atoms with Gasteiger partial charge in [0.15, 0.2) is 0 Å². The fourth-order valence-corrected chi connectivity index (χ4v) is 0.335. The van der Waals surface area contributed by atoms with E-state index in [-0.39, 0.29) is 19.8 Å². The molecule has 0 unspecified atom stereocenters. The average Bonchev–Trinajstić information content (AvgIpc) is 1.97. The highest BCUT2D eigenvalue weighted by Gasteiger charge is 1.85. The van der Waals surface area contributed by atoms with Gasteiger partial charge in [0.25, 0.3) is 6.08 Å². The van der Waals surface area contributed by atoms with Crippen molar-refractivity contribution in [2.45, 2.75) is 0 Å². The minimum absolute atomic E-state index is 0.0169. The van der Waals surface area contributed by atoms with E-state index in [4.69, 9.17) is 9.84 Å². The molecule has 5 heteroatoms. The highest BCUT2D eigenvalue weighted by Crippen LogP contribution is 1.76. The highest BCUT2D eigenvalue weighted by atomic mass is 16.6. The normalized spacial score (nSPS) is 8.50. The maximum atomic E-state index is 9.40. The molecule has 0 aromatic heterocycles. The molecule has 0 aliphatic rings. The van der Waals surface area contributed by atoms with Crippen molar-refractivity contribution in [3.8, 4) is 0 Å². The summed E-state index contributed by atoms with van der Waals surface area (Å²) >= 11 is 0. The zero-order valence-electron chi connectivity index (χ0n) is 5.45. The molecule has 10 heavy (non-hydrogen) atoms. The Hall–Kier alpha value is -0.900. The minimum Gasteiger partial charge on any atom is -0.394 e. The summed E-state index contributed by atoms with van der Waals surface area (Å²) in [6, 6.07) is 0. The van der Waals surface area contributed by atoms with E-state index in [2.05, 4.69) is 9.99 Å². The summed E-state index contributed by atoms with van der Waals surface area (Å²) in [5.41, 5.74) is 0. The summed E-state index contributed by atoms with van der Waals surface area (Å²) in [6.45, 7) is 0.770. The van der Waals surface area contributed by atoms with Gasteiger partial charge in [-0.25, -0.2) is 4.79 Å². The smallest absolute Gasteiger partial charge is 0.276 e. The van der Waals surface area contributed by atoms with Gasteiger partial charge in [0.05, 0.1) is 19.8 Å². The number of nitrogens with zero attached hydrogens (tertiary/aromatic N) is 1. The van der Waals surface area contributed by atoms with Crippen molar-refractivity contribution >= 4 is 6.08 Å². The molecule has 0 atom stereocenters. The number of rotatable bonds is 6. The molecule has 58 valence electrons. The topological polar surface area (TPSA) is 68.1 Å². The summed E-state index contributed by atoms with van der Waals surface area (Å²) in [7, 11) is 0. The van der Waals surface area contributed by atoms with Gasteiger partial charge in [0.1, 0.15) is 6.61 Å². The van der Waals surface area contributed by atoms with Crippen LogP contribution in [0.3, 0.4) is 0 Å². The van der Waals surface area contributed by atoms with Gasteiger partial charge in [-0.1, -0.05) is 0 Å². The molecule has 0 radical (unpaired) electrons. The van der Waals surface area contributed by atoms with Crippen molar-refractivity contribution < 1.29 is 19.5 Å². The van der Waals surface area contributed by atoms with Gasteiger partial charge >= 0.3 is 0 Å². The van der Waals surface area contributed by atoms with Crippen LogP contribution in [0.1, 0.15) is 0 Å². The zero-order valence-corrected chi connectivity index (χ0v) is 5.45. The van der Waals surface area contributed by atoms with Gasteiger partial charge in [-0.15, -0.1) is 0 Å². The molecule has 0 aliphatic heterocycles. The lowest BCUT2D eigenvalue weighted by atomic mass is 10.7. The second-order valence-electron chi connectivity index (χ2n) is 1.35. The molecule has 0 saturated carbocycles. The fraction of sp³-hybridized carbons (Fsp3) is 0.800. The van der Waals surface area contributed by atoms with Crippen molar-refractivity contribution in [2.24, 2.45) is 5.16 Å². The van der Waals surface area contributed by atoms with Gasteiger partial charge in [-0.2, -0.15) is 0 Å². The van der Waals surface area contributed by atoms with Crippen LogP contribution in [-0.2, 0) is 14.4 Å². The Labute approximate surface area is 58.2 Å². The third-order valence-corrected chi connectivity index (χ3v) is 0.656. The standard InChI is InChI=1S/C5H9NO4/c7-1-2-9-3-4-10-6-5-8/h7H,1-4H2. The quantitative estimate of drug-likeness (QED) is 0.232. The number of isocyanates is 1. The first-order valence-electron chi connectivity index (χ1n) is 2.79. The molecule has 0 fully saturated rings. The first-order valence-corrected chi connectivity index (χ1v) is 2.79. The fourth-order valence-electron chi connectivity index (χ4n) is 0.335. The van der Waals surface area contributed by atoms with Gasteiger partial charge in [0, 0.05) is 5.16 Å². The molecular formula is C5H9NO4. The van der Waals surface area contributed by atoms with Crippen molar-refractivity contribution in [3.63, 3.8) is 0 Å². The predicted octanol–water partition coefficient (Wildman–Crippen LogP) is -0.737. The molecule has 0 saturated heterocycles. The van der Waals surface area contributed by atoms with Crippen LogP contribution in [0.5, 0.6) is 0 Å². The van der Waals surface area contributed by atoms with Crippen LogP contribution in [0.2, 0.25) is 0 Å². The van der Waals surface area contributed by atoms with E-state index in [0.717, 1.165) is 0 Å². The lowest BCUT2D eigenvalue weighted by Gasteiger charge is -1.97. The number of carbonyl (C=O) groups excluding carboxylic acids is 1. The van der Waals surface area contributed by atoms with Gasteiger partial charge in [0.2, 0.25) is 0 Å². The van der Waals surface area contributed by atoms with Crippen LogP contribution < -0.4 is 0 Å².